The van der Waals surface area contributed by atoms with Crippen LogP contribution in [0.15, 0.2) is 29.2 Å². The van der Waals surface area contributed by atoms with Crippen LogP contribution < -0.4 is 10.6 Å². The molecule has 0 unspecified atom stereocenters. The molecule has 10 heteroatoms. The van der Waals surface area contributed by atoms with Crippen molar-refractivity contribution in [2.75, 3.05) is 23.4 Å². The van der Waals surface area contributed by atoms with E-state index in [4.69, 9.17) is 4.74 Å². The van der Waals surface area contributed by atoms with E-state index in [0.717, 1.165) is 4.90 Å². The van der Waals surface area contributed by atoms with Gasteiger partial charge in [-0.25, -0.2) is 8.42 Å². The standard InChI is InChI=1S/C17H20N2O6S2/c1-17(6-7-27(23,24)10-17)19-14(20)9-25-15(21)8-13-16(22)18-11-4-2-3-5-12(11)26-13/h2-5,13H,6-10H2,1H3,(H,18,22)(H,19,20)/t13-,17+/m0/s1. The first-order valence-electron chi connectivity index (χ1n) is 8.39. The van der Waals surface area contributed by atoms with E-state index in [9.17, 15) is 22.8 Å². The van der Waals surface area contributed by atoms with Crippen molar-refractivity contribution in [2.24, 2.45) is 0 Å². The Hall–Kier alpha value is -2.07. The highest BCUT2D eigenvalue weighted by Crippen LogP contribution is 2.36. The van der Waals surface area contributed by atoms with Crippen LogP contribution in [0, 0.1) is 0 Å². The molecule has 2 aliphatic rings. The lowest BCUT2D eigenvalue weighted by atomic mass is 10.0. The molecule has 2 heterocycles. The molecule has 2 N–H and O–H groups in total. The zero-order valence-corrected chi connectivity index (χ0v) is 16.3. The minimum atomic E-state index is -3.15. The van der Waals surface area contributed by atoms with Gasteiger partial charge in [-0.15, -0.1) is 11.8 Å². The monoisotopic (exact) mass is 412 g/mol. The fourth-order valence-corrected chi connectivity index (χ4v) is 6.25. The van der Waals surface area contributed by atoms with E-state index in [0.29, 0.717) is 12.1 Å². The van der Waals surface area contributed by atoms with Crippen molar-refractivity contribution in [3.63, 3.8) is 0 Å². The van der Waals surface area contributed by atoms with Crippen LogP contribution in [0.25, 0.3) is 0 Å². The Bertz CT molecular complexity index is 885. The Morgan fingerprint density at radius 3 is 2.81 bits per heavy atom. The molecule has 2 atom stereocenters. The number of sulfone groups is 1. The van der Waals surface area contributed by atoms with Gasteiger partial charge in [-0.1, -0.05) is 12.1 Å². The second-order valence-corrected chi connectivity index (χ2v) is 10.3. The van der Waals surface area contributed by atoms with E-state index in [1.807, 2.05) is 18.2 Å². The summed E-state index contributed by atoms with van der Waals surface area (Å²) in [5, 5.41) is 4.72. The molecule has 1 fully saturated rings. The van der Waals surface area contributed by atoms with E-state index >= 15 is 0 Å². The van der Waals surface area contributed by atoms with Crippen LogP contribution in [0.1, 0.15) is 19.8 Å². The number of para-hydroxylation sites is 1. The molecule has 27 heavy (non-hydrogen) atoms. The second-order valence-electron chi connectivity index (χ2n) is 6.91. The van der Waals surface area contributed by atoms with Gasteiger partial charge in [-0.05, 0) is 25.5 Å². The maximum atomic E-state index is 12.1. The molecule has 3 rings (SSSR count). The quantitative estimate of drug-likeness (QED) is 0.684. The number of anilines is 1. The van der Waals surface area contributed by atoms with Gasteiger partial charge in [-0.2, -0.15) is 0 Å². The van der Waals surface area contributed by atoms with Crippen LogP contribution in [-0.2, 0) is 29.0 Å². The molecule has 0 aromatic heterocycles. The predicted molar refractivity (Wildman–Crippen MR) is 100 cm³/mol. The summed E-state index contributed by atoms with van der Waals surface area (Å²) in [6.07, 6.45) is 0.164. The summed E-state index contributed by atoms with van der Waals surface area (Å²) in [4.78, 5) is 36.9. The van der Waals surface area contributed by atoms with Gasteiger partial charge in [0.2, 0.25) is 5.91 Å². The lowest BCUT2D eigenvalue weighted by Gasteiger charge is -2.24. The molecule has 0 aliphatic carbocycles. The zero-order chi connectivity index (χ0) is 19.7. The molecule has 146 valence electrons. The van der Waals surface area contributed by atoms with Crippen molar-refractivity contribution in [3.8, 4) is 0 Å². The Kier molecular flexibility index (Phi) is 5.48. The minimum Gasteiger partial charge on any atom is -0.456 e. The number of carbonyl (C=O) groups is 3. The van der Waals surface area contributed by atoms with Gasteiger partial charge < -0.3 is 15.4 Å². The van der Waals surface area contributed by atoms with Crippen LogP contribution in [0.2, 0.25) is 0 Å². The number of rotatable bonds is 5. The maximum absolute atomic E-state index is 12.1. The van der Waals surface area contributed by atoms with Gasteiger partial charge in [0.1, 0.15) is 0 Å². The summed E-state index contributed by atoms with van der Waals surface area (Å²) in [7, 11) is -3.15. The average molecular weight is 412 g/mol. The topological polar surface area (TPSA) is 119 Å². The van der Waals surface area contributed by atoms with Crippen LogP contribution in [0.3, 0.4) is 0 Å². The number of benzene rings is 1. The Morgan fingerprint density at radius 1 is 1.37 bits per heavy atom. The molecular formula is C17H20N2O6S2. The Labute approximate surface area is 161 Å². The van der Waals surface area contributed by atoms with E-state index < -0.39 is 39.1 Å². The SMILES string of the molecule is C[C@@]1(NC(=O)COC(=O)C[C@@H]2Sc3ccccc3NC2=O)CCS(=O)(=O)C1. The first-order chi connectivity index (χ1) is 12.7. The van der Waals surface area contributed by atoms with Crippen molar-refractivity contribution < 1.29 is 27.5 Å². The number of esters is 1. The molecular weight excluding hydrogens is 392 g/mol. The summed E-state index contributed by atoms with van der Waals surface area (Å²) < 4.78 is 28.1. The molecule has 8 nitrogen and oxygen atoms in total. The van der Waals surface area contributed by atoms with Gasteiger partial charge in [0.25, 0.3) is 5.91 Å². The lowest BCUT2D eigenvalue weighted by Crippen LogP contribution is -2.48. The molecule has 0 spiro atoms. The largest absolute Gasteiger partial charge is 0.456 e. The summed E-state index contributed by atoms with van der Waals surface area (Å²) in [5.41, 5.74) is -0.137. The second kappa shape index (κ2) is 7.51. The van der Waals surface area contributed by atoms with Gasteiger partial charge in [0.15, 0.2) is 16.4 Å². The van der Waals surface area contributed by atoms with Crippen molar-refractivity contribution in [1.29, 1.82) is 0 Å². The van der Waals surface area contributed by atoms with Crippen LogP contribution in [0.5, 0.6) is 0 Å². The van der Waals surface area contributed by atoms with Crippen LogP contribution in [-0.4, -0.2) is 55.1 Å². The molecule has 1 saturated heterocycles. The van der Waals surface area contributed by atoms with Crippen LogP contribution >= 0.6 is 11.8 Å². The number of thioether (sulfide) groups is 1. The third kappa shape index (κ3) is 5.01. The Balaban J connectivity index is 1.47. The first kappa shape index (κ1) is 19.7. The van der Waals surface area contributed by atoms with Gasteiger partial charge >= 0.3 is 5.97 Å². The number of carbonyl (C=O) groups excluding carboxylic acids is 3. The predicted octanol–water partition coefficient (Wildman–Crippen LogP) is 0.726. The molecule has 2 aliphatic heterocycles. The third-order valence-corrected chi connectivity index (χ3v) is 7.55. The first-order valence-corrected chi connectivity index (χ1v) is 11.1. The van der Waals surface area contributed by atoms with E-state index in [2.05, 4.69) is 10.6 Å². The lowest BCUT2D eigenvalue weighted by molar-refractivity contribution is -0.149. The molecule has 0 bridgehead atoms. The molecule has 0 radical (unpaired) electrons. The minimum absolute atomic E-state index is 0.0268. The van der Waals surface area contributed by atoms with Crippen molar-refractivity contribution in [1.82, 2.24) is 5.32 Å². The fraction of sp³-hybridized carbons (Fsp3) is 0.471. The van der Waals surface area contributed by atoms with Gasteiger partial charge in [-0.3, -0.25) is 14.4 Å². The number of ether oxygens (including phenoxy) is 1. The van der Waals surface area contributed by atoms with Gasteiger partial charge in [0, 0.05) is 4.90 Å². The van der Waals surface area contributed by atoms with Crippen molar-refractivity contribution >= 4 is 45.1 Å². The number of hydrogen-bond acceptors (Lipinski definition) is 7. The van der Waals surface area contributed by atoms with Gasteiger partial charge in [0.05, 0.1) is 34.4 Å². The highest BCUT2D eigenvalue weighted by molar-refractivity contribution is 8.01. The van der Waals surface area contributed by atoms with E-state index in [1.165, 1.54) is 11.8 Å². The Morgan fingerprint density at radius 2 is 2.11 bits per heavy atom. The summed E-state index contributed by atoms with van der Waals surface area (Å²) in [6, 6.07) is 7.28. The zero-order valence-electron chi connectivity index (χ0n) is 14.7. The highest BCUT2D eigenvalue weighted by Gasteiger charge is 2.39. The molecule has 1 aromatic rings. The molecule has 0 saturated carbocycles. The van der Waals surface area contributed by atoms with E-state index in [1.54, 1.807) is 13.0 Å². The smallest absolute Gasteiger partial charge is 0.307 e. The van der Waals surface area contributed by atoms with Crippen molar-refractivity contribution in [2.45, 2.75) is 35.4 Å². The highest BCUT2D eigenvalue weighted by atomic mass is 32.2. The molecule has 1 aromatic carbocycles. The summed E-state index contributed by atoms with van der Waals surface area (Å²) >= 11 is 1.27. The van der Waals surface area contributed by atoms with Crippen molar-refractivity contribution in [3.05, 3.63) is 24.3 Å². The molecule has 2 amide bonds. The number of nitrogens with one attached hydrogen (secondary N) is 2. The maximum Gasteiger partial charge on any atom is 0.307 e. The fourth-order valence-electron chi connectivity index (χ4n) is 3.07. The third-order valence-electron chi connectivity index (χ3n) is 4.37. The van der Waals surface area contributed by atoms with Crippen LogP contribution in [0.4, 0.5) is 5.69 Å². The number of hydrogen-bond donors (Lipinski definition) is 2. The number of amides is 2. The normalized spacial score (nSPS) is 26.0. The summed E-state index contributed by atoms with van der Waals surface area (Å²) in [6.45, 7) is 1.14. The number of fused-ring (bicyclic) bond motifs is 1. The average Bonchev–Trinajstić information content (AvgIpc) is 2.86. The summed E-state index contributed by atoms with van der Waals surface area (Å²) in [5.74, 6) is -1.61. The van der Waals surface area contributed by atoms with E-state index in [-0.39, 0.29) is 23.8 Å².